The van der Waals surface area contributed by atoms with E-state index in [0.29, 0.717) is 24.7 Å². The molecule has 2 aliphatic rings. The van der Waals surface area contributed by atoms with Crippen LogP contribution < -0.4 is 5.32 Å². The summed E-state index contributed by atoms with van der Waals surface area (Å²) in [6.45, 7) is 10.7. The Bertz CT molecular complexity index is 858. The molecule has 8 heteroatoms. The lowest BCUT2D eigenvalue weighted by atomic mass is 9.99. The lowest BCUT2D eigenvalue weighted by Crippen LogP contribution is -2.50. The van der Waals surface area contributed by atoms with Crippen LogP contribution in [0.1, 0.15) is 41.7 Å². The number of piperidine rings is 1. The van der Waals surface area contributed by atoms with Crippen LogP contribution in [0.3, 0.4) is 0 Å². The predicted molar refractivity (Wildman–Crippen MR) is 127 cm³/mol. The van der Waals surface area contributed by atoms with Crippen LogP contribution in [0.15, 0.2) is 41.0 Å². The molecule has 0 aliphatic carbocycles. The van der Waals surface area contributed by atoms with Gasteiger partial charge in [-0.05, 0) is 37.4 Å². The normalized spacial score (nSPS) is 20.1. The first-order valence-electron chi connectivity index (χ1n) is 12.2. The number of aromatic nitrogens is 1. The molecule has 33 heavy (non-hydrogen) atoms. The zero-order valence-corrected chi connectivity index (χ0v) is 19.7. The molecular weight excluding hydrogens is 418 g/mol. The van der Waals surface area contributed by atoms with Crippen molar-refractivity contribution in [3.05, 3.63) is 53.7 Å². The molecule has 0 bridgehead atoms. The van der Waals surface area contributed by atoms with Gasteiger partial charge in [-0.3, -0.25) is 14.6 Å². The quantitative estimate of drug-likeness (QED) is 0.597. The highest BCUT2D eigenvalue weighted by atomic mass is 16.3. The summed E-state index contributed by atoms with van der Waals surface area (Å²) >= 11 is 0. The topological polar surface area (TPSA) is 85.1 Å². The van der Waals surface area contributed by atoms with E-state index in [2.05, 4.69) is 31.9 Å². The lowest BCUT2D eigenvalue weighted by Gasteiger charge is -2.36. The van der Waals surface area contributed by atoms with Crippen LogP contribution in [0.25, 0.3) is 0 Å². The van der Waals surface area contributed by atoms with Crippen LogP contribution in [0.4, 0.5) is 0 Å². The third-order valence-electron chi connectivity index (χ3n) is 6.72. The molecule has 0 unspecified atom stereocenters. The molecule has 0 radical (unpaired) electrons. The molecule has 2 aromatic rings. The molecule has 1 atom stereocenters. The smallest absolute Gasteiger partial charge is 0.273 e. The Morgan fingerprint density at radius 3 is 2.39 bits per heavy atom. The highest BCUT2D eigenvalue weighted by Gasteiger charge is 2.23. The van der Waals surface area contributed by atoms with E-state index in [0.717, 1.165) is 63.8 Å². The number of aliphatic hydroxyl groups excluding tert-OH is 1. The van der Waals surface area contributed by atoms with Crippen LogP contribution in [-0.4, -0.2) is 89.2 Å². The number of aliphatic hydroxyl groups is 1. The molecule has 2 saturated heterocycles. The van der Waals surface area contributed by atoms with Crippen molar-refractivity contribution >= 4 is 5.91 Å². The van der Waals surface area contributed by atoms with Gasteiger partial charge in [-0.1, -0.05) is 37.3 Å². The van der Waals surface area contributed by atoms with Gasteiger partial charge in [0.15, 0.2) is 5.69 Å². The predicted octanol–water partition coefficient (Wildman–Crippen LogP) is 1.82. The summed E-state index contributed by atoms with van der Waals surface area (Å²) in [7, 11) is 0. The van der Waals surface area contributed by atoms with Gasteiger partial charge < -0.3 is 19.7 Å². The summed E-state index contributed by atoms with van der Waals surface area (Å²) in [6, 6.07) is 9.80. The number of amides is 1. The monoisotopic (exact) mass is 455 g/mol. The van der Waals surface area contributed by atoms with E-state index < -0.39 is 0 Å². The second-order valence-electron chi connectivity index (χ2n) is 9.51. The van der Waals surface area contributed by atoms with Gasteiger partial charge in [-0.25, -0.2) is 4.98 Å². The summed E-state index contributed by atoms with van der Waals surface area (Å²) in [6.07, 6.45) is 3.61. The molecule has 1 aromatic carbocycles. The fourth-order valence-electron chi connectivity index (χ4n) is 4.58. The van der Waals surface area contributed by atoms with Crippen molar-refractivity contribution in [2.75, 3.05) is 52.4 Å². The Kier molecular flexibility index (Phi) is 8.50. The number of β-amino-alcohol motifs (C(OH)–C–C–N with tert-alkyl or cyclic N) is 1. The van der Waals surface area contributed by atoms with E-state index in [4.69, 9.17) is 4.42 Å². The minimum Gasteiger partial charge on any atom is -0.447 e. The van der Waals surface area contributed by atoms with Crippen LogP contribution in [0, 0.1) is 5.92 Å². The van der Waals surface area contributed by atoms with E-state index >= 15 is 0 Å². The number of nitrogens with one attached hydrogen (secondary N) is 1. The van der Waals surface area contributed by atoms with Gasteiger partial charge in [-0.15, -0.1) is 0 Å². The number of hydrogen-bond donors (Lipinski definition) is 2. The molecule has 1 amide bonds. The largest absolute Gasteiger partial charge is 0.447 e. The van der Waals surface area contributed by atoms with Crippen LogP contribution in [-0.2, 0) is 13.1 Å². The third-order valence-corrected chi connectivity index (χ3v) is 6.72. The van der Waals surface area contributed by atoms with Gasteiger partial charge in [-0.2, -0.15) is 0 Å². The standard InChI is InChI=1S/C25H37N5O3/c1-20-7-9-28(10-8-20)16-22(31)17-29-11-13-30(14-12-29)18-24-27-23(19-33-24)25(32)26-15-21-5-3-2-4-6-21/h2-6,19-20,22,31H,7-18H2,1H3,(H,26,32)/t22-/m0/s1. The highest BCUT2D eigenvalue weighted by Crippen LogP contribution is 2.16. The number of benzene rings is 1. The maximum absolute atomic E-state index is 12.3. The maximum Gasteiger partial charge on any atom is 0.273 e. The number of nitrogens with zero attached hydrogens (tertiary/aromatic N) is 4. The van der Waals surface area contributed by atoms with Crippen molar-refractivity contribution in [2.24, 2.45) is 5.92 Å². The second kappa shape index (κ2) is 11.7. The van der Waals surface area contributed by atoms with E-state index in [1.807, 2.05) is 30.3 Å². The van der Waals surface area contributed by atoms with Gasteiger partial charge in [0.1, 0.15) is 6.26 Å². The van der Waals surface area contributed by atoms with E-state index in [1.165, 1.54) is 19.1 Å². The fraction of sp³-hybridized carbons (Fsp3) is 0.600. The van der Waals surface area contributed by atoms with Crippen molar-refractivity contribution < 1.29 is 14.3 Å². The minimum atomic E-state index is -0.298. The summed E-state index contributed by atoms with van der Waals surface area (Å²) in [5, 5.41) is 13.4. The average Bonchev–Trinajstić information content (AvgIpc) is 3.29. The van der Waals surface area contributed by atoms with Gasteiger partial charge in [0.05, 0.1) is 12.6 Å². The molecule has 0 spiro atoms. The minimum absolute atomic E-state index is 0.226. The number of rotatable bonds is 9. The summed E-state index contributed by atoms with van der Waals surface area (Å²) in [5.41, 5.74) is 1.36. The van der Waals surface area contributed by atoms with Crippen molar-refractivity contribution in [1.29, 1.82) is 0 Å². The maximum atomic E-state index is 12.3. The van der Waals surface area contributed by atoms with Gasteiger partial charge in [0.2, 0.25) is 5.89 Å². The van der Waals surface area contributed by atoms with Gasteiger partial charge >= 0.3 is 0 Å². The lowest BCUT2D eigenvalue weighted by molar-refractivity contribution is 0.0401. The zero-order valence-electron chi connectivity index (χ0n) is 19.7. The average molecular weight is 456 g/mol. The number of likely N-dealkylation sites (tertiary alicyclic amines) is 1. The molecule has 2 fully saturated rings. The number of carbonyl (C=O) groups is 1. The third kappa shape index (κ3) is 7.37. The summed E-state index contributed by atoms with van der Waals surface area (Å²) in [4.78, 5) is 23.7. The van der Waals surface area contributed by atoms with E-state index in [-0.39, 0.29) is 12.0 Å². The molecule has 2 N–H and O–H groups in total. The van der Waals surface area contributed by atoms with Crippen molar-refractivity contribution in [2.45, 2.75) is 39.0 Å². The molecule has 180 valence electrons. The van der Waals surface area contributed by atoms with Crippen molar-refractivity contribution in [3.63, 3.8) is 0 Å². The van der Waals surface area contributed by atoms with Crippen LogP contribution >= 0.6 is 0 Å². The Hall–Kier alpha value is -2.26. The molecule has 4 rings (SSSR count). The fourth-order valence-corrected chi connectivity index (χ4v) is 4.58. The Balaban J connectivity index is 1.15. The Morgan fingerprint density at radius 1 is 1.06 bits per heavy atom. The SMILES string of the molecule is CC1CCN(C[C@H](O)CN2CCN(Cc3nc(C(=O)NCc4ccccc4)co3)CC2)CC1. The Morgan fingerprint density at radius 2 is 1.70 bits per heavy atom. The summed E-state index contributed by atoms with van der Waals surface area (Å²) < 4.78 is 5.55. The van der Waals surface area contributed by atoms with Crippen molar-refractivity contribution in [1.82, 2.24) is 25.0 Å². The van der Waals surface area contributed by atoms with E-state index in [9.17, 15) is 9.90 Å². The molecule has 3 heterocycles. The number of oxazole rings is 1. The first-order chi connectivity index (χ1) is 16.0. The molecular formula is C25H37N5O3. The number of piperazine rings is 1. The van der Waals surface area contributed by atoms with Crippen LogP contribution in [0.5, 0.6) is 0 Å². The second-order valence-corrected chi connectivity index (χ2v) is 9.51. The van der Waals surface area contributed by atoms with Crippen molar-refractivity contribution in [3.8, 4) is 0 Å². The first-order valence-corrected chi connectivity index (χ1v) is 12.2. The highest BCUT2D eigenvalue weighted by molar-refractivity contribution is 5.91. The molecule has 0 saturated carbocycles. The first kappa shape index (κ1) is 23.9. The van der Waals surface area contributed by atoms with E-state index in [1.54, 1.807) is 0 Å². The summed E-state index contributed by atoms with van der Waals surface area (Å²) in [5.74, 6) is 1.15. The van der Waals surface area contributed by atoms with Gasteiger partial charge in [0, 0.05) is 45.8 Å². The van der Waals surface area contributed by atoms with Crippen LogP contribution in [0.2, 0.25) is 0 Å². The Labute approximate surface area is 196 Å². The molecule has 8 nitrogen and oxygen atoms in total. The zero-order chi connectivity index (χ0) is 23.0. The number of hydrogen-bond acceptors (Lipinski definition) is 7. The molecule has 1 aromatic heterocycles. The molecule has 2 aliphatic heterocycles. The number of carbonyl (C=O) groups excluding carboxylic acids is 1. The van der Waals surface area contributed by atoms with Gasteiger partial charge in [0.25, 0.3) is 5.91 Å².